The van der Waals surface area contributed by atoms with Gasteiger partial charge in [0.25, 0.3) is 5.91 Å². The summed E-state index contributed by atoms with van der Waals surface area (Å²) in [5.41, 5.74) is 4.19. The molecule has 3 aromatic carbocycles. The molecule has 144 valence electrons. The summed E-state index contributed by atoms with van der Waals surface area (Å²) < 4.78 is 5.22. The van der Waals surface area contributed by atoms with E-state index in [1.165, 1.54) is 5.56 Å². The first-order valence-electron chi connectivity index (χ1n) is 9.78. The smallest absolute Gasteiger partial charge is 0.252 e. The molecule has 3 rings (SSSR count). The molecular formula is C25H27NO2. The van der Waals surface area contributed by atoms with E-state index in [1.54, 1.807) is 7.11 Å². The van der Waals surface area contributed by atoms with Crippen molar-refractivity contribution in [2.24, 2.45) is 0 Å². The molecule has 0 aliphatic heterocycles. The van der Waals surface area contributed by atoms with Gasteiger partial charge in [0.1, 0.15) is 5.75 Å². The minimum atomic E-state index is -0.0272. The molecule has 28 heavy (non-hydrogen) atoms. The second-order valence-electron chi connectivity index (χ2n) is 6.85. The summed E-state index contributed by atoms with van der Waals surface area (Å²) in [6, 6.07) is 26.1. The summed E-state index contributed by atoms with van der Waals surface area (Å²) in [5, 5.41) is 3.20. The van der Waals surface area contributed by atoms with Crippen molar-refractivity contribution in [3.05, 3.63) is 101 Å². The molecule has 0 aliphatic rings. The number of amides is 1. The number of rotatable bonds is 8. The Hall–Kier alpha value is -3.07. The first-order valence-corrected chi connectivity index (χ1v) is 9.78. The Balaban J connectivity index is 1.72. The highest BCUT2D eigenvalue weighted by Gasteiger charge is 2.16. The molecule has 0 unspecified atom stereocenters. The summed E-state index contributed by atoms with van der Waals surface area (Å²) in [6.07, 6.45) is 2.58. The predicted molar refractivity (Wildman–Crippen MR) is 114 cm³/mol. The quantitative estimate of drug-likeness (QED) is 0.577. The van der Waals surface area contributed by atoms with Gasteiger partial charge >= 0.3 is 0 Å². The fraction of sp³-hybridized carbons (Fsp3) is 0.240. The van der Waals surface area contributed by atoms with Crippen molar-refractivity contribution in [1.29, 1.82) is 0 Å². The van der Waals surface area contributed by atoms with Gasteiger partial charge in [-0.05, 0) is 54.2 Å². The van der Waals surface area contributed by atoms with Gasteiger partial charge in [0, 0.05) is 5.56 Å². The molecule has 3 nitrogen and oxygen atoms in total. The predicted octanol–water partition coefficient (Wildman–Crippen LogP) is 5.36. The lowest BCUT2D eigenvalue weighted by molar-refractivity contribution is 0.0934. The third-order valence-electron chi connectivity index (χ3n) is 5.02. The van der Waals surface area contributed by atoms with Gasteiger partial charge in [-0.1, -0.05) is 67.6 Å². The van der Waals surface area contributed by atoms with Crippen LogP contribution < -0.4 is 10.1 Å². The maximum absolute atomic E-state index is 13.0. The Kier molecular flexibility index (Phi) is 6.85. The molecule has 0 spiro atoms. The van der Waals surface area contributed by atoms with Crippen LogP contribution in [0.4, 0.5) is 0 Å². The summed E-state index contributed by atoms with van der Waals surface area (Å²) in [4.78, 5) is 13.0. The molecule has 0 saturated carbocycles. The van der Waals surface area contributed by atoms with Crippen molar-refractivity contribution in [3.63, 3.8) is 0 Å². The van der Waals surface area contributed by atoms with Crippen LogP contribution in [0.1, 0.15) is 46.4 Å². The second-order valence-corrected chi connectivity index (χ2v) is 6.85. The van der Waals surface area contributed by atoms with Crippen molar-refractivity contribution >= 4 is 5.91 Å². The lowest BCUT2D eigenvalue weighted by Gasteiger charge is -2.19. The van der Waals surface area contributed by atoms with Crippen molar-refractivity contribution < 1.29 is 9.53 Å². The number of methoxy groups -OCH3 is 1. The molecule has 1 N–H and O–H groups in total. The third kappa shape index (κ3) is 5.01. The second kappa shape index (κ2) is 9.75. The number of hydrogen-bond acceptors (Lipinski definition) is 2. The molecule has 0 fully saturated rings. The topological polar surface area (TPSA) is 38.3 Å². The maximum atomic E-state index is 13.0. The molecule has 0 aliphatic carbocycles. The molecule has 0 heterocycles. The molecule has 1 amide bonds. The van der Waals surface area contributed by atoms with Gasteiger partial charge in [0.15, 0.2) is 0 Å². The normalized spacial score (nSPS) is 11.6. The van der Waals surface area contributed by atoms with E-state index in [0.717, 1.165) is 41.7 Å². The van der Waals surface area contributed by atoms with Crippen molar-refractivity contribution in [3.8, 4) is 5.75 Å². The van der Waals surface area contributed by atoms with Gasteiger partial charge in [-0.25, -0.2) is 0 Å². The molecule has 1 atom stereocenters. The lowest BCUT2D eigenvalue weighted by Crippen LogP contribution is -2.29. The van der Waals surface area contributed by atoms with Crippen LogP contribution in [-0.4, -0.2) is 13.0 Å². The average molecular weight is 373 g/mol. The van der Waals surface area contributed by atoms with Gasteiger partial charge < -0.3 is 10.1 Å². The van der Waals surface area contributed by atoms with E-state index in [2.05, 4.69) is 36.5 Å². The number of hydrogen-bond donors (Lipinski definition) is 1. The van der Waals surface area contributed by atoms with Gasteiger partial charge in [-0.2, -0.15) is 0 Å². The van der Waals surface area contributed by atoms with Gasteiger partial charge in [-0.15, -0.1) is 0 Å². The van der Waals surface area contributed by atoms with Crippen molar-refractivity contribution in [1.82, 2.24) is 5.32 Å². The van der Waals surface area contributed by atoms with E-state index in [0.29, 0.717) is 0 Å². The van der Waals surface area contributed by atoms with Crippen molar-refractivity contribution in [2.75, 3.05) is 7.11 Å². The van der Waals surface area contributed by atoms with Crippen LogP contribution in [-0.2, 0) is 12.8 Å². The van der Waals surface area contributed by atoms with Gasteiger partial charge in [0.05, 0.1) is 13.2 Å². The number of aryl methyl sites for hydroxylation is 2. The highest BCUT2D eigenvalue weighted by molar-refractivity contribution is 5.96. The van der Waals surface area contributed by atoms with Crippen LogP contribution in [0.2, 0.25) is 0 Å². The SMILES string of the molecule is CC[C@@H](NC(=O)c1ccccc1CCc1ccccc1)c1ccc(OC)cc1. The molecule has 3 heteroatoms. The average Bonchev–Trinajstić information content (AvgIpc) is 2.77. The van der Waals surface area contributed by atoms with Gasteiger partial charge in [0.2, 0.25) is 0 Å². The molecule has 0 aromatic heterocycles. The highest BCUT2D eigenvalue weighted by Crippen LogP contribution is 2.21. The van der Waals surface area contributed by atoms with E-state index in [9.17, 15) is 4.79 Å². The monoisotopic (exact) mass is 373 g/mol. The van der Waals surface area contributed by atoms with Crippen LogP contribution in [0.25, 0.3) is 0 Å². The van der Waals surface area contributed by atoms with Crippen LogP contribution in [0.5, 0.6) is 5.75 Å². The minimum Gasteiger partial charge on any atom is -0.497 e. The number of carbonyl (C=O) groups excluding carboxylic acids is 1. The number of nitrogens with one attached hydrogen (secondary N) is 1. The Morgan fingerprint density at radius 2 is 1.57 bits per heavy atom. The highest BCUT2D eigenvalue weighted by atomic mass is 16.5. The summed E-state index contributed by atoms with van der Waals surface area (Å²) in [6.45, 7) is 2.08. The summed E-state index contributed by atoms with van der Waals surface area (Å²) in [7, 11) is 1.65. The third-order valence-corrected chi connectivity index (χ3v) is 5.02. The summed E-state index contributed by atoms with van der Waals surface area (Å²) >= 11 is 0. The van der Waals surface area contributed by atoms with E-state index in [4.69, 9.17) is 4.74 Å². The Bertz CT molecular complexity index is 888. The van der Waals surface area contributed by atoms with Crippen LogP contribution in [0.3, 0.4) is 0 Å². The first kappa shape index (κ1) is 19.7. The number of carbonyl (C=O) groups is 1. The molecule has 0 saturated heterocycles. The fourth-order valence-corrected chi connectivity index (χ4v) is 3.38. The maximum Gasteiger partial charge on any atom is 0.252 e. The minimum absolute atomic E-state index is 0.0219. The number of benzene rings is 3. The van der Waals surface area contributed by atoms with E-state index in [1.807, 2.05) is 54.6 Å². The van der Waals surface area contributed by atoms with Crippen LogP contribution >= 0.6 is 0 Å². The molecule has 0 bridgehead atoms. The van der Waals surface area contributed by atoms with Crippen LogP contribution in [0, 0.1) is 0 Å². The Morgan fingerprint density at radius 3 is 2.25 bits per heavy atom. The zero-order valence-electron chi connectivity index (χ0n) is 16.5. The lowest BCUT2D eigenvalue weighted by atomic mass is 9.98. The fourth-order valence-electron chi connectivity index (χ4n) is 3.38. The molecular weight excluding hydrogens is 346 g/mol. The zero-order valence-corrected chi connectivity index (χ0v) is 16.5. The van der Waals surface area contributed by atoms with E-state index >= 15 is 0 Å². The Labute approximate surface area is 167 Å². The summed E-state index contributed by atoms with van der Waals surface area (Å²) in [5.74, 6) is 0.794. The zero-order chi connectivity index (χ0) is 19.8. The van der Waals surface area contributed by atoms with E-state index < -0.39 is 0 Å². The largest absolute Gasteiger partial charge is 0.497 e. The standard InChI is InChI=1S/C25H27NO2/c1-3-24(21-15-17-22(28-2)18-16-21)26-25(27)23-12-8-7-11-20(23)14-13-19-9-5-4-6-10-19/h4-12,15-18,24H,3,13-14H2,1-2H3,(H,26,27)/t24-/m1/s1. The Morgan fingerprint density at radius 1 is 0.893 bits per heavy atom. The number of ether oxygens (including phenoxy) is 1. The van der Waals surface area contributed by atoms with Gasteiger partial charge in [-0.3, -0.25) is 4.79 Å². The van der Waals surface area contributed by atoms with Crippen molar-refractivity contribution in [2.45, 2.75) is 32.2 Å². The first-order chi connectivity index (χ1) is 13.7. The molecule has 3 aromatic rings. The van der Waals surface area contributed by atoms with E-state index in [-0.39, 0.29) is 11.9 Å². The molecule has 0 radical (unpaired) electrons. The van der Waals surface area contributed by atoms with Crippen LogP contribution in [0.15, 0.2) is 78.9 Å².